The van der Waals surface area contributed by atoms with Crippen molar-refractivity contribution in [2.75, 3.05) is 11.9 Å². The van der Waals surface area contributed by atoms with Crippen LogP contribution in [0.15, 0.2) is 42.7 Å². The smallest absolute Gasteiger partial charge is 0.291 e. The highest BCUT2D eigenvalue weighted by atomic mass is 19.3. The molecule has 1 aromatic carbocycles. The Bertz CT molecular complexity index is 1190. The van der Waals surface area contributed by atoms with E-state index < -0.39 is 23.8 Å². The number of fused-ring (bicyclic) bond motifs is 1. The van der Waals surface area contributed by atoms with Crippen LogP contribution >= 0.6 is 0 Å². The number of hydrogen-bond donors (Lipinski definition) is 1. The standard InChI is InChI=1S/C22H23F2N7O2/c1-29-18-10-16(9-15-11-22(15,23)24)27-31(18)8-7-17(21(29)33)26-20(32)19-25-13-30(28-19)12-14-5-3-2-4-6-14/h2-6,10,13,15,17H,7-9,11-12H2,1H3,(H,26,32)/t15-,17-/m0/s1. The zero-order valence-corrected chi connectivity index (χ0v) is 18.0. The second-order valence-corrected chi connectivity index (χ2v) is 8.55. The van der Waals surface area contributed by atoms with E-state index in [-0.39, 0.29) is 24.6 Å². The first-order chi connectivity index (χ1) is 15.8. The lowest BCUT2D eigenvalue weighted by molar-refractivity contribution is -0.120. The fraction of sp³-hybridized carbons (Fsp3) is 0.409. The first-order valence-corrected chi connectivity index (χ1v) is 10.8. The Balaban J connectivity index is 1.23. The highest BCUT2D eigenvalue weighted by molar-refractivity contribution is 6.00. The number of likely N-dealkylation sites (N-methyl/N-ethyl adjacent to an activating group) is 1. The Morgan fingerprint density at radius 3 is 2.73 bits per heavy atom. The van der Waals surface area contributed by atoms with Crippen LogP contribution in [0.2, 0.25) is 0 Å². The van der Waals surface area contributed by atoms with Gasteiger partial charge < -0.3 is 5.32 Å². The van der Waals surface area contributed by atoms with Crippen LogP contribution in [0, 0.1) is 5.92 Å². The predicted octanol–water partition coefficient (Wildman–Crippen LogP) is 1.89. The first kappa shape index (κ1) is 21.2. The summed E-state index contributed by atoms with van der Waals surface area (Å²) < 4.78 is 29.7. The maximum absolute atomic E-state index is 13.2. The number of rotatable bonds is 6. The van der Waals surface area contributed by atoms with Crippen molar-refractivity contribution in [3.63, 3.8) is 0 Å². The number of hydrogen-bond acceptors (Lipinski definition) is 5. The second-order valence-electron chi connectivity index (χ2n) is 8.55. The molecule has 0 bridgehead atoms. The molecule has 2 amide bonds. The molecule has 172 valence electrons. The number of benzene rings is 1. The zero-order chi connectivity index (χ0) is 23.2. The Morgan fingerprint density at radius 1 is 1.24 bits per heavy atom. The van der Waals surface area contributed by atoms with Crippen molar-refractivity contribution in [1.82, 2.24) is 29.9 Å². The van der Waals surface area contributed by atoms with E-state index in [1.54, 1.807) is 22.5 Å². The van der Waals surface area contributed by atoms with Crippen molar-refractivity contribution in [3.8, 4) is 0 Å². The van der Waals surface area contributed by atoms with Gasteiger partial charge in [0.25, 0.3) is 17.7 Å². The molecule has 3 aromatic rings. The summed E-state index contributed by atoms with van der Waals surface area (Å²) >= 11 is 0. The van der Waals surface area contributed by atoms with Crippen LogP contribution in [0.25, 0.3) is 0 Å². The SMILES string of the molecule is CN1C(=O)[C@@H](NC(=O)c2ncn(Cc3ccccc3)n2)CCn2nc(C[C@H]3CC3(F)F)cc21. The molecule has 3 heterocycles. The van der Waals surface area contributed by atoms with Crippen LogP contribution in [0.4, 0.5) is 14.6 Å². The van der Waals surface area contributed by atoms with E-state index in [0.717, 1.165) is 5.56 Å². The number of alkyl halides is 2. The number of aryl methyl sites for hydroxylation is 1. The van der Waals surface area contributed by atoms with Gasteiger partial charge in [0.15, 0.2) is 0 Å². The summed E-state index contributed by atoms with van der Waals surface area (Å²) in [6, 6.07) is 10.6. The van der Waals surface area contributed by atoms with Crippen molar-refractivity contribution in [2.24, 2.45) is 5.92 Å². The van der Waals surface area contributed by atoms with Gasteiger partial charge in [-0.3, -0.25) is 14.5 Å². The molecule has 1 fully saturated rings. The third-order valence-electron chi connectivity index (χ3n) is 6.05. The molecule has 1 aliphatic carbocycles. The molecule has 2 aliphatic rings. The number of carbonyl (C=O) groups is 2. The van der Waals surface area contributed by atoms with Crippen LogP contribution < -0.4 is 10.2 Å². The monoisotopic (exact) mass is 455 g/mol. The zero-order valence-electron chi connectivity index (χ0n) is 18.0. The molecule has 9 nitrogen and oxygen atoms in total. The van der Waals surface area contributed by atoms with Gasteiger partial charge in [0.1, 0.15) is 18.2 Å². The lowest BCUT2D eigenvalue weighted by Crippen LogP contribution is -2.47. The quantitative estimate of drug-likeness (QED) is 0.612. The molecule has 1 aliphatic heterocycles. The fourth-order valence-corrected chi connectivity index (χ4v) is 4.06. The number of halogens is 2. The minimum absolute atomic E-state index is 0.0176. The molecule has 2 atom stereocenters. The number of nitrogens with one attached hydrogen (secondary N) is 1. The molecule has 0 saturated heterocycles. The van der Waals surface area contributed by atoms with Gasteiger partial charge in [-0.1, -0.05) is 30.3 Å². The molecule has 11 heteroatoms. The number of aromatic nitrogens is 5. The minimum atomic E-state index is -2.61. The predicted molar refractivity (Wildman–Crippen MR) is 114 cm³/mol. The van der Waals surface area contributed by atoms with Crippen LogP contribution in [0.3, 0.4) is 0 Å². The molecular formula is C22H23F2N7O2. The highest BCUT2D eigenvalue weighted by Gasteiger charge is 2.56. The maximum atomic E-state index is 13.2. The van der Waals surface area contributed by atoms with E-state index in [4.69, 9.17) is 0 Å². The molecule has 0 spiro atoms. The van der Waals surface area contributed by atoms with Gasteiger partial charge in [0.05, 0.1) is 12.2 Å². The lowest BCUT2D eigenvalue weighted by Gasteiger charge is -2.19. The molecule has 0 radical (unpaired) electrons. The fourth-order valence-electron chi connectivity index (χ4n) is 4.06. The van der Waals surface area contributed by atoms with E-state index in [1.807, 2.05) is 30.3 Å². The van der Waals surface area contributed by atoms with Gasteiger partial charge in [-0.15, -0.1) is 5.10 Å². The summed E-state index contributed by atoms with van der Waals surface area (Å²) in [6.45, 7) is 0.843. The molecule has 1 saturated carbocycles. The summed E-state index contributed by atoms with van der Waals surface area (Å²) in [4.78, 5) is 31.1. The third kappa shape index (κ3) is 4.35. The van der Waals surface area contributed by atoms with Gasteiger partial charge in [0, 0.05) is 38.4 Å². The van der Waals surface area contributed by atoms with Crippen molar-refractivity contribution < 1.29 is 18.4 Å². The average molecular weight is 455 g/mol. The van der Waals surface area contributed by atoms with Gasteiger partial charge >= 0.3 is 0 Å². The third-order valence-corrected chi connectivity index (χ3v) is 6.05. The maximum Gasteiger partial charge on any atom is 0.291 e. The van der Waals surface area contributed by atoms with Crippen molar-refractivity contribution in [2.45, 2.75) is 44.3 Å². The Kier molecular flexibility index (Phi) is 5.18. The van der Waals surface area contributed by atoms with Crippen molar-refractivity contribution in [1.29, 1.82) is 0 Å². The van der Waals surface area contributed by atoms with Gasteiger partial charge in [-0.2, -0.15) is 5.10 Å². The van der Waals surface area contributed by atoms with E-state index >= 15 is 0 Å². The normalized spacial score (nSPS) is 21.4. The summed E-state index contributed by atoms with van der Waals surface area (Å²) in [5.74, 6) is -3.63. The van der Waals surface area contributed by atoms with Crippen LogP contribution in [0.1, 0.15) is 34.7 Å². The topological polar surface area (TPSA) is 97.9 Å². The molecule has 5 rings (SSSR count). The van der Waals surface area contributed by atoms with E-state index in [2.05, 4.69) is 20.5 Å². The molecular weight excluding hydrogens is 432 g/mol. The Labute approximate surface area is 188 Å². The molecule has 33 heavy (non-hydrogen) atoms. The largest absolute Gasteiger partial charge is 0.337 e. The van der Waals surface area contributed by atoms with Gasteiger partial charge in [0.2, 0.25) is 5.82 Å². The Morgan fingerprint density at radius 2 is 2.00 bits per heavy atom. The average Bonchev–Trinajstić information content (AvgIpc) is 3.14. The summed E-state index contributed by atoms with van der Waals surface area (Å²) in [7, 11) is 1.59. The van der Waals surface area contributed by atoms with Crippen LogP contribution in [-0.2, 0) is 24.3 Å². The van der Waals surface area contributed by atoms with Crippen molar-refractivity contribution in [3.05, 3.63) is 59.8 Å². The van der Waals surface area contributed by atoms with Crippen LogP contribution in [-0.4, -0.2) is 55.4 Å². The number of amides is 2. The van der Waals surface area contributed by atoms with Crippen molar-refractivity contribution >= 4 is 17.6 Å². The molecule has 2 aromatic heterocycles. The van der Waals surface area contributed by atoms with E-state index in [1.165, 1.54) is 11.2 Å². The van der Waals surface area contributed by atoms with Crippen LogP contribution in [0.5, 0.6) is 0 Å². The van der Waals surface area contributed by atoms with E-state index in [0.29, 0.717) is 31.0 Å². The minimum Gasteiger partial charge on any atom is -0.337 e. The summed E-state index contributed by atoms with van der Waals surface area (Å²) in [5, 5.41) is 11.3. The second kappa shape index (κ2) is 8.05. The Hall–Kier alpha value is -3.63. The van der Waals surface area contributed by atoms with Gasteiger partial charge in [-0.05, 0) is 12.0 Å². The first-order valence-electron chi connectivity index (χ1n) is 10.8. The van der Waals surface area contributed by atoms with Gasteiger partial charge in [-0.25, -0.2) is 23.1 Å². The lowest BCUT2D eigenvalue weighted by atomic mass is 10.2. The summed E-state index contributed by atoms with van der Waals surface area (Å²) in [6.07, 6.45) is 1.86. The molecule has 0 unspecified atom stereocenters. The number of nitrogens with zero attached hydrogens (tertiary/aromatic N) is 6. The number of carbonyl (C=O) groups excluding carboxylic acids is 2. The summed E-state index contributed by atoms with van der Waals surface area (Å²) in [5.41, 5.74) is 1.57. The highest BCUT2D eigenvalue weighted by Crippen LogP contribution is 2.50. The molecule has 1 N–H and O–H groups in total. The number of anilines is 1. The van der Waals surface area contributed by atoms with E-state index in [9.17, 15) is 18.4 Å².